The van der Waals surface area contributed by atoms with Crippen LogP contribution in [0.3, 0.4) is 0 Å². The molecule has 0 fully saturated rings. The molecule has 0 aliphatic rings. The fourth-order valence-corrected chi connectivity index (χ4v) is 0.620. The van der Waals surface area contributed by atoms with Gasteiger partial charge < -0.3 is 5.73 Å². The van der Waals surface area contributed by atoms with Gasteiger partial charge in [0.15, 0.2) is 0 Å². The summed E-state index contributed by atoms with van der Waals surface area (Å²) in [5.74, 6) is 0. The number of aromatic nitrogens is 1. The Bertz CT molecular complexity index is 283. The number of nitrogens with one attached hydrogen (secondary N) is 1. The molecule has 0 saturated heterocycles. The van der Waals surface area contributed by atoms with Crippen molar-refractivity contribution in [3.8, 4) is 0 Å². The summed E-state index contributed by atoms with van der Waals surface area (Å²) in [6.45, 7) is 0. The SMILES string of the molecule is NC(=O)N/N=C/c1ccncc1. The number of nitrogens with two attached hydrogens (primary N) is 1. The zero-order valence-corrected chi connectivity index (χ0v) is 6.27. The minimum atomic E-state index is -0.680. The van der Waals surface area contributed by atoms with Gasteiger partial charge in [0, 0.05) is 12.4 Å². The Balaban J connectivity index is 2.52. The van der Waals surface area contributed by atoms with E-state index >= 15 is 0 Å². The number of nitrogens with zero attached hydrogens (tertiary/aromatic N) is 2. The Morgan fingerprint density at radius 2 is 2.25 bits per heavy atom. The van der Waals surface area contributed by atoms with Crippen LogP contribution in [-0.2, 0) is 0 Å². The Morgan fingerprint density at radius 3 is 2.83 bits per heavy atom. The maximum Gasteiger partial charge on any atom is 0.332 e. The molecule has 0 radical (unpaired) electrons. The summed E-state index contributed by atoms with van der Waals surface area (Å²) in [6.07, 6.45) is 4.74. The minimum absolute atomic E-state index is 0.680. The van der Waals surface area contributed by atoms with Crippen molar-refractivity contribution >= 4 is 12.2 Å². The van der Waals surface area contributed by atoms with E-state index in [4.69, 9.17) is 5.73 Å². The van der Waals surface area contributed by atoms with Crippen LogP contribution in [0.25, 0.3) is 0 Å². The summed E-state index contributed by atoms with van der Waals surface area (Å²) in [7, 11) is 0. The number of hydrazone groups is 1. The van der Waals surface area contributed by atoms with E-state index in [9.17, 15) is 4.79 Å². The predicted octanol–water partition coefficient (Wildman–Crippen LogP) is 0.0838. The molecule has 0 aliphatic carbocycles. The molecule has 5 heteroatoms. The molecule has 5 nitrogen and oxygen atoms in total. The van der Waals surface area contributed by atoms with Gasteiger partial charge in [-0.3, -0.25) is 4.98 Å². The fraction of sp³-hybridized carbons (Fsp3) is 0. The van der Waals surface area contributed by atoms with E-state index in [1.165, 1.54) is 6.21 Å². The first-order chi connectivity index (χ1) is 5.79. The summed E-state index contributed by atoms with van der Waals surface area (Å²) in [4.78, 5) is 14.0. The maximum absolute atomic E-state index is 10.2. The Morgan fingerprint density at radius 1 is 1.58 bits per heavy atom. The number of primary amides is 1. The van der Waals surface area contributed by atoms with Gasteiger partial charge in [0.05, 0.1) is 6.21 Å². The lowest BCUT2D eigenvalue weighted by atomic mass is 10.3. The van der Waals surface area contributed by atoms with Crippen molar-refractivity contribution < 1.29 is 4.79 Å². The van der Waals surface area contributed by atoms with Crippen molar-refractivity contribution in [3.63, 3.8) is 0 Å². The number of hydrogen-bond acceptors (Lipinski definition) is 3. The largest absolute Gasteiger partial charge is 0.350 e. The van der Waals surface area contributed by atoms with Crippen LogP contribution in [0.2, 0.25) is 0 Å². The van der Waals surface area contributed by atoms with Gasteiger partial charge in [0.1, 0.15) is 0 Å². The quantitative estimate of drug-likeness (QED) is 0.479. The summed E-state index contributed by atoms with van der Waals surface area (Å²) >= 11 is 0. The van der Waals surface area contributed by atoms with E-state index < -0.39 is 6.03 Å². The van der Waals surface area contributed by atoms with Gasteiger partial charge >= 0.3 is 6.03 Å². The average Bonchev–Trinajstić information content (AvgIpc) is 2.05. The number of urea groups is 1. The lowest BCUT2D eigenvalue weighted by molar-refractivity contribution is 0.249. The first kappa shape index (κ1) is 8.19. The zero-order chi connectivity index (χ0) is 8.81. The van der Waals surface area contributed by atoms with Crippen LogP contribution in [0.1, 0.15) is 5.56 Å². The normalized spacial score (nSPS) is 10.0. The Labute approximate surface area is 69.3 Å². The molecule has 0 aromatic carbocycles. The third-order valence-corrected chi connectivity index (χ3v) is 1.09. The number of pyridine rings is 1. The van der Waals surface area contributed by atoms with Gasteiger partial charge in [-0.2, -0.15) is 5.10 Å². The van der Waals surface area contributed by atoms with Crippen molar-refractivity contribution in [1.82, 2.24) is 10.4 Å². The molecular formula is C7H8N4O. The van der Waals surface area contributed by atoms with Crippen LogP contribution in [0.4, 0.5) is 4.79 Å². The van der Waals surface area contributed by atoms with E-state index in [2.05, 4.69) is 15.5 Å². The van der Waals surface area contributed by atoms with Gasteiger partial charge in [-0.1, -0.05) is 0 Å². The number of amides is 2. The topological polar surface area (TPSA) is 80.4 Å². The smallest absolute Gasteiger partial charge is 0.332 e. The minimum Gasteiger partial charge on any atom is -0.350 e. The van der Waals surface area contributed by atoms with Crippen LogP contribution >= 0.6 is 0 Å². The van der Waals surface area contributed by atoms with Crippen LogP contribution in [0.5, 0.6) is 0 Å². The summed E-state index contributed by atoms with van der Waals surface area (Å²) in [5, 5.41) is 3.56. The fourth-order valence-electron chi connectivity index (χ4n) is 0.620. The van der Waals surface area contributed by atoms with E-state index in [-0.39, 0.29) is 0 Å². The van der Waals surface area contributed by atoms with E-state index in [0.717, 1.165) is 5.56 Å². The van der Waals surface area contributed by atoms with Crippen LogP contribution in [0.15, 0.2) is 29.6 Å². The molecule has 0 aliphatic heterocycles. The molecule has 1 rings (SSSR count). The average molecular weight is 164 g/mol. The van der Waals surface area contributed by atoms with Gasteiger partial charge in [0.25, 0.3) is 0 Å². The summed E-state index contributed by atoms with van der Waals surface area (Å²) < 4.78 is 0. The van der Waals surface area contributed by atoms with E-state index in [1.807, 2.05) is 0 Å². The summed E-state index contributed by atoms with van der Waals surface area (Å²) in [6, 6.07) is 2.83. The molecule has 62 valence electrons. The molecule has 0 saturated carbocycles. The second kappa shape index (κ2) is 4.07. The monoisotopic (exact) mass is 164 g/mol. The van der Waals surface area contributed by atoms with Crippen LogP contribution in [-0.4, -0.2) is 17.2 Å². The molecule has 1 aromatic heterocycles. The highest BCUT2D eigenvalue weighted by atomic mass is 16.2. The van der Waals surface area contributed by atoms with Crippen LogP contribution in [0, 0.1) is 0 Å². The van der Waals surface area contributed by atoms with Crippen molar-refractivity contribution in [1.29, 1.82) is 0 Å². The lowest BCUT2D eigenvalue weighted by Crippen LogP contribution is -2.24. The molecule has 1 aromatic rings. The van der Waals surface area contributed by atoms with Crippen LogP contribution < -0.4 is 11.2 Å². The highest BCUT2D eigenvalue weighted by Crippen LogP contribution is 1.89. The third kappa shape index (κ3) is 2.78. The number of rotatable bonds is 2. The van der Waals surface area contributed by atoms with Gasteiger partial charge in [0.2, 0.25) is 0 Å². The predicted molar refractivity (Wildman–Crippen MR) is 44.6 cm³/mol. The Hall–Kier alpha value is -1.91. The van der Waals surface area contributed by atoms with Crippen molar-refractivity contribution in [2.75, 3.05) is 0 Å². The maximum atomic E-state index is 10.2. The van der Waals surface area contributed by atoms with Crippen molar-refractivity contribution in [2.24, 2.45) is 10.8 Å². The van der Waals surface area contributed by atoms with Crippen molar-refractivity contribution in [2.45, 2.75) is 0 Å². The highest BCUT2D eigenvalue weighted by Gasteiger charge is 1.85. The standard InChI is InChI=1S/C7H8N4O/c8-7(12)11-10-5-6-1-3-9-4-2-6/h1-5H,(H3,8,11,12)/b10-5+. The van der Waals surface area contributed by atoms with E-state index in [0.29, 0.717) is 0 Å². The highest BCUT2D eigenvalue weighted by molar-refractivity contribution is 5.81. The van der Waals surface area contributed by atoms with Gasteiger partial charge in [-0.15, -0.1) is 0 Å². The van der Waals surface area contributed by atoms with Gasteiger partial charge in [-0.25, -0.2) is 10.2 Å². The second-order valence-electron chi connectivity index (χ2n) is 2.01. The molecule has 0 bridgehead atoms. The molecule has 12 heavy (non-hydrogen) atoms. The molecule has 3 N–H and O–H groups in total. The van der Waals surface area contributed by atoms with Crippen molar-refractivity contribution in [3.05, 3.63) is 30.1 Å². The molecule has 1 heterocycles. The molecule has 0 spiro atoms. The molecule has 0 atom stereocenters. The third-order valence-electron chi connectivity index (χ3n) is 1.09. The number of carbonyl (C=O) groups is 1. The van der Waals surface area contributed by atoms with E-state index in [1.54, 1.807) is 24.5 Å². The first-order valence-corrected chi connectivity index (χ1v) is 3.27. The zero-order valence-electron chi connectivity index (χ0n) is 6.27. The second-order valence-corrected chi connectivity index (χ2v) is 2.01. The molecular weight excluding hydrogens is 156 g/mol. The lowest BCUT2D eigenvalue weighted by Gasteiger charge is -1.91. The number of hydrogen-bond donors (Lipinski definition) is 2. The number of carbonyl (C=O) groups excluding carboxylic acids is 1. The molecule has 0 unspecified atom stereocenters. The first-order valence-electron chi connectivity index (χ1n) is 3.27. The summed E-state index contributed by atoms with van der Waals surface area (Å²) in [5.41, 5.74) is 7.71. The molecule has 2 amide bonds. The van der Waals surface area contributed by atoms with Gasteiger partial charge in [-0.05, 0) is 17.7 Å². The Kier molecular flexibility index (Phi) is 2.78.